The van der Waals surface area contributed by atoms with Crippen LogP contribution in [-0.4, -0.2) is 18.1 Å². The van der Waals surface area contributed by atoms with E-state index in [1.165, 1.54) is 5.70 Å². The monoisotopic (exact) mass is 123 g/mol. The van der Waals surface area contributed by atoms with E-state index in [1.54, 1.807) is 0 Å². The van der Waals surface area contributed by atoms with Gasteiger partial charge in [-0.25, -0.2) is 0 Å². The summed E-state index contributed by atoms with van der Waals surface area (Å²) >= 11 is 0. The highest BCUT2D eigenvalue weighted by atomic mass is 15.5. The van der Waals surface area contributed by atoms with Crippen molar-refractivity contribution in [3.05, 3.63) is 24.2 Å². The van der Waals surface area contributed by atoms with E-state index in [4.69, 9.17) is 0 Å². The van der Waals surface area contributed by atoms with E-state index < -0.39 is 0 Å². The lowest BCUT2D eigenvalue weighted by atomic mass is 10.4. The summed E-state index contributed by atoms with van der Waals surface area (Å²) in [6.07, 6.45) is 6.00. The summed E-state index contributed by atoms with van der Waals surface area (Å²) in [7, 11) is 0. The first-order chi connectivity index (χ1) is 4.47. The average Bonchev–Trinajstić information content (AvgIpc) is 2.33. The number of fused-ring (bicyclic) bond motifs is 1. The summed E-state index contributed by atoms with van der Waals surface area (Å²) in [6.45, 7) is 2.07. The average molecular weight is 123 g/mol. The Bertz CT molecular complexity index is 171. The molecular formula is C6H9N3. The Balaban J connectivity index is 2.23. The molecule has 2 aliphatic rings. The Morgan fingerprint density at radius 2 is 2.56 bits per heavy atom. The normalized spacial score (nSPS) is 22.2. The molecule has 0 saturated heterocycles. The van der Waals surface area contributed by atoms with E-state index in [1.807, 2.05) is 18.5 Å². The molecule has 2 N–H and O–H groups in total. The fourth-order valence-corrected chi connectivity index (χ4v) is 1.05. The summed E-state index contributed by atoms with van der Waals surface area (Å²) in [5.74, 6) is 0. The lowest BCUT2D eigenvalue weighted by molar-refractivity contribution is 0.300. The Labute approximate surface area is 54.0 Å². The zero-order chi connectivity index (χ0) is 6.10. The maximum atomic E-state index is 3.16. The Morgan fingerprint density at radius 1 is 1.56 bits per heavy atom. The highest BCUT2D eigenvalue weighted by Gasteiger charge is 2.12. The molecule has 0 bridgehead atoms. The third-order valence-corrected chi connectivity index (χ3v) is 1.53. The van der Waals surface area contributed by atoms with Crippen molar-refractivity contribution in [3.8, 4) is 0 Å². The van der Waals surface area contributed by atoms with Crippen LogP contribution >= 0.6 is 0 Å². The first kappa shape index (κ1) is 4.73. The van der Waals surface area contributed by atoms with Crippen molar-refractivity contribution in [1.29, 1.82) is 0 Å². The second kappa shape index (κ2) is 1.69. The molecule has 0 fully saturated rings. The van der Waals surface area contributed by atoms with E-state index in [-0.39, 0.29) is 0 Å². The molecule has 0 aromatic heterocycles. The van der Waals surface area contributed by atoms with Gasteiger partial charge < -0.3 is 10.7 Å². The number of hydrazine groups is 1. The minimum Gasteiger partial charge on any atom is -0.387 e. The second-order valence-electron chi connectivity index (χ2n) is 2.14. The first-order valence-electron chi connectivity index (χ1n) is 3.11. The van der Waals surface area contributed by atoms with Gasteiger partial charge in [-0.3, -0.25) is 5.01 Å². The maximum absolute atomic E-state index is 3.16. The minimum atomic E-state index is 1.03. The quantitative estimate of drug-likeness (QED) is 0.465. The number of rotatable bonds is 0. The molecule has 48 valence electrons. The summed E-state index contributed by atoms with van der Waals surface area (Å²) in [4.78, 5) is 0. The zero-order valence-electron chi connectivity index (χ0n) is 5.09. The lowest BCUT2D eigenvalue weighted by Crippen LogP contribution is -2.38. The van der Waals surface area contributed by atoms with E-state index in [0.717, 1.165) is 13.1 Å². The Morgan fingerprint density at radius 3 is 3.44 bits per heavy atom. The van der Waals surface area contributed by atoms with Gasteiger partial charge >= 0.3 is 0 Å². The van der Waals surface area contributed by atoms with Crippen molar-refractivity contribution in [2.24, 2.45) is 0 Å². The molecule has 0 aliphatic carbocycles. The molecule has 2 heterocycles. The molecular weight excluding hydrogens is 114 g/mol. The van der Waals surface area contributed by atoms with Crippen LogP contribution in [0.2, 0.25) is 0 Å². The predicted octanol–water partition coefficient (Wildman–Crippen LogP) is -0.235. The van der Waals surface area contributed by atoms with Gasteiger partial charge in [0.05, 0.1) is 12.2 Å². The van der Waals surface area contributed by atoms with E-state index in [0.29, 0.717) is 0 Å². The van der Waals surface area contributed by atoms with Crippen LogP contribution in [0.4, 0.5) is 0 Å². The summed E-state index contributed by atoms with van der Waals surface area (Å²) in [5.41, 5.74) is 4.33. The summed E-state index contributed by atoms with van der Waals surface area (Å²) < 4.78 is 0. The van der Waals surface area contributed by atoms with Crippen molar-refractivity contribution >= 4 is 0 Å². The van der Waals surface area contributed by atoms with Gasteiger partial charge in [0.1, 0.15) is 0 Å². The molecule has 0 aromatic carbocycles. The second-order valence-corrected chi connectivity index (χ2v) is 2.14. The van der Waals surface area contributed by atoms with Crippen LogP contribution in [0, 0.1) is 0 Å². The van der Waals surface area contributed by atoms with Crippen LogP contribution in [0.3, 0.4) is 0 Å². The van der Waals surface area contributed by atoms with E-state index in [2.05, 4.69) is 15.8 Å². The third-order valence-electron chi connectivity index (χ3n) is 1.53. The number of allylic oxidation sites excluding steroid dienone is 1. The fourth-order valence-electron chi connectivity index (χ4n) is 1.05. The number of hydrogen-bond donors (Lipinski definition) is 2. The third kappa shape index (κ3) is 0.650. The zero-order valence-corrected chi connectivity index (χ0v) is 5.09. The van der Waals surface area contributed by atoms with Crippen LogP contribution in [0.15, 0.2) is 24.2 Å². The predicted molar refractivity (Wildman–Crippen MR) is 35.1 cm³/mol. The highest BCUT2D eigenvalue weighted by molar-refractivity contribution is 5.21. The van der Waals surface area contributed by atoms with Gasteiger partial charge in [0.25, 0.3) is 0 Å². The van der Waals surface area contributed by atoms with Gasteiger partial charge in [0, 0.05) is 18.9 Å². The SMILES string of the molecule is C1=CC2=CNCCN2N1. The van der Waals surface area contributed by atoms with Crippen molar-refractivity contribution in [1.82, 2.24) is 15.8 Å². The molecule has 3 nitrogen and oxygen atoms in total. The van der Waals surface area contributed by atoms with Crippen molar-refractivity contribution < 1.29 is 0 Å². The Hall–Kier alpha value is -1.12. The highest BCUT2D eigenvalue weighted by Crippen LogP contribution is 2.09. The van der Waals surface area contributed by atoms with Gasteiger partial charge in [-0.2, -0.15) is 0 Å². The van der Waals surface area contributed by atoms with Crippen molar-refractivity contribution in [2.45, 2.75) is 0 Å². The standard InChI is InChI=1S/C6H9N3/c1-2-8-9-4-3-7-5-6(1)9/h1-2,5,7-8H,3-4H2. The smallest absolute Gasteiger partial charge is 0.0744 e. The van der Waals surface area contributed by atoms with Gasteiger partial charge in [-0.05, 0) is 6.08 Å². The molecule has 2 aliphatic heterocycles. The number of nitrogens with zero attached hydrogens (tertiary/aromatic N) is 1. The van der Waals surface area contributed by atoms with Crippen LogP contribution in [0.25, 0.3) is 0 Å². The molecule has 3 heteroatoms. The fraction of sp³-hybridized carbons (Fsp3) is 0.333. The molecule has 9 heavy (non-hydrogen) atoms. The molecule has 0 spiro atoms. The molecule has 0 atom stereocenters. The topological polar surface area (TPSA) is 27.3 Å². The Kier molecular flexibility index (Phi) is 0.886. The van der Waals surface area contributed by atoms with Crippen LogP contribution in [-0.2, 0) is 0 Å². The van der Waals surface area contributed by atoms with E-state index in [9.17, 15) is 0 Å². The molecule has 0 unspecified atom stereocenters. The van der Waals surface area contributed by atoms with Gasteiger partial charge in [-0.15, -0.1) is 0 Å². The molecule has 0 radical (unpaired) electrons. The molecule has 0 saturated carbocycles. The van der Waals surface area contributed by atoms with Crippen molar-refractivity contribution in [3.63, 3.8) is 0 Å². The summed E-state index contributed by atoms with van der Waals surface area (Å²) in [6, 6.07) is 0. The van der Waals surface area contributed by atoms with Crippen LogP contribution in [0.5, 0.6) is 0 Å². The van der Waals surface area contributed by atoms with Gasteiger partial charge in [0.2, 0.25) is 0 Å². The van der Waals surface area contributed by atoms with Crippen molar-refractivity contribution in [2.75, 3.05) is 13.1 Å². The summed E-state index contributed by atoms with van der Waals surface area (Å²) in [5, 5.41) is 5.27. The van der Waals surface area contributed by atoms with Crippen LogP contribution < -0.4 is 10.7 Å². The minimum absolute atomic E-state index is 1.03. The molecule has 2 rings (SSSR count). The van der Waals surface area contributed by atoms with E-state index >= 15 is 0 Å². The molecule has 0 amide bonds. The number of nitrogens with one attached hydrogen (secondary N) is 2. The van der Waals surface area contributed by atoms with Gasteiger partial charge in [-0.1, -0.05) is 0 Å². The molecule has 0 aromatic rings. The maximum Gasteiger partial charge on any atom is 0.0744 e. The number of hydrogen-bond acceptors (Lipinski definition) is 3. The van der Waals surface area contributed by atoms with Gasteiger partial charge in [0.15, 0.2) is 0 Å². The van der Waals surface area contributed by atoms with Crippen LogP contribution in [0.1, 0.15) is 0 Å². The largest absolute Gasteiger partial charge is 0.387 e. The first-order valence-corrected chi connectivity index (χ1v) is 3.11. The lowest BCUT2D eigenvalue weighted by Gasteiger charge is -2.24.